The fraction of sp³-hybridized carbons (Fsp3) is 0. The Balaban J connectivity index is 1.63. The number of amides is 2. The maximum Gasteiger partial charge on any atom is 0.250 e. The fourth-order valence-electron chi connectivity index (χ4n) is 6.22. The highest BCUT2D eigenvalue weighted by Gasteiger charge is 2.25. The summed E-state index contributed by atoms with van der Waals surface area (Å²) in [4.78, 5) is 35.3. The molecule has 50 heavy (non-hydrogen) atoms. The van der Waals surface area contributed by atoms with E-state index in [0.717, 1.165) is 10.8 Å². The van der Waals surface area contributed by atoms with Crippen LogP contribution in [0.2, 0.25) is 0 Å². The first-order valence-electron chi connectivity index (χ1n) is 15.8. The Morgan fingerprint density at radius 3 is 1.16 bits per heavy atom. The molecule has 0 saturated heterocycles. The van der Waals surface area contributed by atoms with Gasteiger partial charge in [0.25, 0.3) is 11.8 Å². The molecular formula is C42H30N4O4. The molecule has 0 aliphatic heterocycles. The van der Waals surface area contributed by atoms with Gasteiger partial charge < -0.3 is 21.7 Å². The summed E-state index contributed by atoms with van der Waals surface area (Å²) in [6.45, 7) is 0. The second-order valence-corrected chi connectivity index (χ2v) is 11.6. The van der Waals surface area contributed by atoms with Crippen molar-refractivity contribution in [2.75, 3.05) is 0 Å². The SMILES string of the molecule is NC(=O)c1ccccc1N=C(c1ccccc1C(=Nc1ccccc1C(N)=O)c1c(O)ccc2ccccc12)c1c(O)ccc2ccccc12. The van der Waals surface area contributed by atoms with E-state index in [-0.39, 0.29) is 22.6 Å². The van der Waals surface area contributed by atoms with Crippen molar-refractivity contribution in [1.29, 1.82) is 0 Å². The molecule has 8 heteroatoms. The molecular weight excluding hydrogens is 624 g/mol. The highest BCUT2D eigenvalue weighted by molar-refractivity contribution is 6.30. The van der Waals surface area contributed by atoms with Gasteiger partial charge in [0.15, 0.2) is 0 Å². The summed E-state index contributed by atoms with van der Waals surface area (Å²) >= 11 is 0. The number of carbonyl (C=O) groups excluding carboxylic acids is 2. The number of fused-ring (bicyclic) bond motifs is 2. The van der Waals surface area contributed by atoms with Crippen LogP contribution < -0.4 is 11.5 Å². The number of phenols is 2. The lowest BCUT2D eigenvalue weighted by atomic mass is 9.87. The Bertz CT molecular complexity index is 2360. The number of hydrogen-bond donors (Lipinski definition) is 4. The number of para-hydroxylation sites is 2. The maximum atomic E-state index is 12.6. The van der Waals surface area contributed by atoms with Gasteiger partial charge in [-0.05, 0) is 57.9 Å². The van der Waals surface area contributed by atoms with Crippen LogP contribution in [0.3, 0.4) is 0 Å². The largest absolute Gasteiger partial charge is 0.507 e. The summed E-state index contributed by atoms with van der Waals surface area (Å²) in [5.41, 5.74) is 15.1. The van der Waals surface area contributed by atoms with Crippen LogP contribution in [0.4, 0.5) is 11.4 Å². The summed E-state index contributed by atoms with van der Waals surface area (Å²) in [5.74, 6) is -1.41. The average molecular weight is 655 g/mol. The quantitative estimate of drug-likeness (QED) is 0.123. The molecule has 0 spiro atoms. The molecule has 0 aliphatic rings. The van der Waals surface area contributed by atoms with Crippen LogP contribution in [0.25, 0.3) is 21.5 Å². The summed E-state index contributed by atoms with van der Waals surface area (Å²) in [5, 5.41) is 26.3. The van der Waals surface area contributed by atoms with Gasteiger partial charge in [0.1, 0.15) is 11.5 Å². The van der Waals surface area contributed by atoms with Crippen molar-refractivity contribution in [2.45, 2.75) is 0 Å². The second-order valence-electron chi connectivity index (χ2n) is 11.6. The molecule has 0 aliphatic carbocycles. The molecule has 0 fully saturated rings. The number of benzene rings is 7. The van der Waals surface area contributed by atoms with Gasteiger partial charge in [-0.3, -0.25) is 9.59 Å². The summed E-state index contributed by atoms with van der Waals surface area (Å²) in [6, 6.07) is 42.8. The first-order chi connectivity index (χ1) is 24.3. The van der Waals surface area contributed by atoms with E-state index in [1.165, 1.54) is 0 Å². The van der Waals surface area contributed by atoms with Crippen molar-refractivity contribution in [3.8, 4) is 11.5 Å². The second kappa shape index (κ2) is 13.2. The number of primary amides is 2. The van der Waals surface area contributed by atoms with E-state index in [4.69, 9.17) is 21.5 Å². The monoisotopic (exact) mass is 654 g/mol. The lowest BCUT2D eigenvalue weighted by Crippen LogP contribution is -2.16. The van der Waals surface area contributed by atoms with Crippen LogP contribution in [0.5, 0.6) is 11.5 Å². The number of aromatic hydroxyl groups is 2. The molecule has 8 nitrogen and oxygen atoms in total. The van der Waals surface area contributed by atoms with Crippen molar-refractivity contribution >= 4 is 56.2 Å². The van der Waals surface area contributed by atoms with E-state index in [1.54, 1.807) is 60.7 Å². The third-order valence-electron chi connectivity index (χ3n) is 8.53. The topological polar surface area (TPSA) is 151 Å². The zero-order chi connectivity index (χ0) is 34.8. The zero-order valence-corrected chi connectivity index (χ0v) is 26.6. The zero-order valence-electron chi connectivity index (χ0n) is 26.6. The van der Waals surface area contributed by atoms with Crippen molar-refractivity contribution in [2.24, 2.45) is 21.5 Å². The van der Waals surface area contributed by atoms with E-state index >= 15 is 0 Å². The van der Waals surface area contributed by atoms with E-state index in [1.807, 2.05) is 84.9 Å². The first kappa shape index (κ1) is 31.5. The summed E-state index contributed by atoms with van der Waals surface area (Å²) < 4.78 is 0. The highest BCUT2D eigenvalue weighted by atomic mass is 16.3. The van der Waals surface area contributed by atoms with Gasteiger partial charge in [-0.1, -0.05) is 109 Å². The Labute approximate surface area is 287 Å². The number of rotatable bonds is 8. The highest BCUT2D eigenvalue weighted by Crippen LogP contribution is 2.37. The Hall–Kier alpha value is -7.06. The Kier molecular flexibility index (Phi) is 8.33. The van der Waals surface area contributed by atoms with Crippen molar-refractivity contribution in [3.63, 3.8) is 0 Å². The number of hydrogen-bond acceptors (Lipinski definition) is 6. The molecule has 6 N–H and O–H groups in total. The molecule has 7 aromatic rings. The summed E-state index contributed by atoms with van der Waals surface area (Å²) in [6.07, 6.45) is 0. The molecule has 7 aromatic carbocycles. The molecule has 7 rings (SSSR count). The Morgan fingerprint density at radius 2 is 0.760 bits per heavy atom. The first-order valence-corrected chi connectivity index (χ1v) is 15.8. The number of carbonyl (C=O) groups is 2. The van der Waals surface area contributed by atoms with Gasteiger partial charge in [0.05, 0.1) is 45.1 Å². The van der Waals surface area contributed by atoms with Crippen LogP contribution in [-0.4, -0.2) is 33.5 Å². The van der Waals surface area contributed by atoms with E-state index in [9.17, 15) is 19.8 Å². The van der Waals surface area contributed by atoms with E-state index in [2.05, 4.69) is 0 Å². The molecule has 0 bridgehead atoms. The standard InChI is InChI=1S/C42H30N4O4/c43-41(49)31-17-7-9-19-33(31)45-39(37-27-13-3-1-11-25(27)21-23-35(37)47)29-15-5-6-16-30(29)40(46-34-20-10-8-18-32(34)42(44)50)38-28-14-4-2-12-26(28)22-24-36(38)48/h1-24,47-48H,(H2,43,49)(H2,44,50). The minimum absolute atomic E-state index is 0.0422. The van der Waals surface area contributed by atoms with Gasteiger partial charge in [0.2, 0.25) is 0 Å². The molecule has 0 unspecified atom stereocenters. The predicted molar refractivity (Wildman–Crippen MR) is 198 cm³/mol. The molecule has 0 radical (unpaired) electrons. The molecule has 2 amide bonds. The summed E-state index contributed by atoms with van der Waals surface area (Å²) in [7, 11) is 0. The van der Waals surface area contributed by atoms with E-state index < -0.39 is 11.8 Å². The lowest BCUT2D eigenvalue weighted by molar-refractivity contribution is 0.0992. The van der Waals surface area contributed by atoms with Crippen LogP contribution >= 0.6 is 0 Å². The average Bonchev–Trinajstić information content (AvgIpc) is 3.13. The van der Waals surface area contributed by atoms with Crippen LogP contribution in [0.15, 0.2) is 156 Å². The van der Waals surface area contributed by atoms with Crippen LogP contribution in [-0.2, 0) is 0 Å². The van der Waals surface area contributed by atoms with Gasteiger partial charge in [-0.25, -0.2) is 9.98 Å². The smallest absolute Gasteiger partial charge is 0.250 e. The minimum Gasteiger partial charge on any atom is -0.507 e. The van der Waals surface area contributed by atoms with Crippen molar-refractivity contribution in [3.05, 3.63) is 179 Å². The van der Waals surface area contributed by atoms with Gasteiger partial charge in [-0.2, -0.15) is 0 Å². The van der Waals surface area contributed by atoms with Crippen LogP contribution in [0, 0.1) is 0 Å². The third kappa shape index (κ3) is 5.82. The van der Waals surface area contributed by atoms with E-state index in [0.29, 0.717) is 55.8 Å². The minimum atomic E-state index is -0.662. The number of aliphatic imine (C=N–C) groups is 2. The molecule has 242 valence electrons. The van der Waals surface area contributed by atoms with Gasteiger partial charge >= 0.3 is 0 Å². The number of phenolic OH excluding ortho intramolecular Hbond substituents is 2. The third-order valence-corrected chi connectivity index (χ3v) is 8.53. The molecule has 0 aromatic heterocycles. The number of nitrogens with zero attached hydrogens (tertiary/aromatic N) is 2. The molecule has 0 saturated carbocycles. The fourth-order valence-corrected chi connectivity index (χ4v) is 6.22. The van der Waals surface area contributed by atoms with Crippen molar-refractivity contribution in [1.82, 2.24) is 0 Å². The lowest BCUT2D eigenvalue weighted by Gasteiger charge is -2.19. The van der Waals surface area contributed by atoms with Crippen LogP contribution in [0.1, 0.15) is 43.0 Å². The van der Waals surface area contributed by atoms with Crippen molar-refractivity contribution < 1.29 is 19.8 Å². The maximum absolute atomic E-state index is 12.6. The Morgan fingerprint density at radius 1 is 0.420 bits per heavy atom. The normalized spacial score (nSPS) is 11.9. The van der Waals surface area contributed by atoms with Gasteiger partial charge in [-0.15, -0.1) is 0 Å². The predicted octanol–water partition coefficient (Wildman–Crippen LogP) is 7.94. The molecule has 0 heterocycles. The van der Waals surface area contributed by atoms with Gasteiger partial charge in [0, 0.05) is 11.1 Å². The molecule has 0 atom stereocenters. The number of nitrogens with two attached hydrogens (primary N) is 2.